The number of carbonyl (C=O) groups is 1. The maximum atomic E-state index is 11.5. The minimum atomic E-state index is -0.836. The van der Waals surface area contributed by atoms with Gasteiger partial charge in [0.05, 0.1) is 5.54 Å². The van der Waals surface area contributed by atoms with E-state index in [1.165, 1.54) is 0 Å². The van der Waals surface area contributed by atoms with Crippen molar-refractivity contribution in [2.24, 2.45) is 10.9 Å². The van der Waals surface area contributed by atoms with Crippen LogP contribution in [0.2, 0.25) is 0 Å². The van der Waals surface area contributed by atoms with Crippen molar-refractivity contribution in [2.75, 3.05) is 13.2 Å². The van der Waals surface area contributed by atoms with Crippen LogP contribution in [0, 0.1) is 0 Å². The van der Waals surface area contributed by atoms with Gasteiger partial charge in [0.2, 0.25) is 5.91 Å². The van der Waals surface area contributed by atoms with Crippen LogP contribution in [0.1, 0.15) is 33.6 Å². The molecule has 4 N–H and O–H groups in total. The SMILES string of the molecule is CCOCCCC(=O)NC(C)(C)C(N)=NO. The molecule has 0 aromatic heterocycles. The van der Waals surface area contributed by atoms with E-state index in [2.05, 4.69) is 10.5 Å². The number of ether oxygens (including phenoxy) is 1. The number of rotatable bonds is 7. The average Bonchev–Trinajstić information content (AvgIpc) is 2.22. The van der Waals surface area contributed by atoms with Crippen molar-refractivity contribution in [1.82, 2.24) is 5.32 Å². The lowest BCUT2D eigenvalue weighted by molar-refractivity contribution is -0.122. The van der Waals surface area contributed by atoms with E-state index in [0.717, 1.165) is 0 Å². The first-order valence-electron chi connectivity index (χ1n) is 5.30. The van der Waals surface area contributed by atoms with Gasteiger partial charge in [0, 0.05) is 19.6 Å². The lowest BCUT2D eigenvalue weighted by Gasteiger charge is -2.24. The highest BCUT2D eigenvalue weighted by Crippen LogP contribution is 2.03. The molecule has 0 aliphatic heterocycles. The third-order valence-electron chi connectivity index (χ3n) is 2.10. The highest BCUT2D eigenvalue weighted by atomic mass is 16.5. The molecule has 0 aromatic carbocycles. The summed E-state index contributed by atoms with van der Waals surface area (Å²) in [5.74, 6) is -0.165. The van der Waals surface area contributed by atoms with Crippen LogP contribution in [0.4, 0.5) is 0 Å². The molecule has 0 aromatic rings. The van der Waals surface area contributed by atoms with Gasteiger partial charge in [-0.15, -0.1) is 0 Å². The van der Waals surface area contributed by atoms with Crippen molar-refractivity contribution in [2.45, 2.75) is 39.2 Å². The number of carbonyl (C=O) groups excluding carboxylic acids is 1. The molecule has 0 saturated heterocycles. The Morgan fingerprint density at radius 3 is 2.69 bits per heavy atom. The average molecular weight is 231 g/mol. The van der Waals surface area contributed by atoms with Gasteiger partial charge in [-0.3, -0.25) is 4.79 Å². The van der Waals surface area contributed by atoms with Crippen LogP contribution in [-0.2, 0) is 9.53 Å². The Morgan fingerprint density at radius 2 is 2.19 bits per heavy atom. The summed E-state index contributed by atoms with van der Waals surface area (Å²) in [7, 11) is 0. The summed E-state index contributed by atoms with van der Waals surface area (Å²) in [6.45, 7) is 6.46. The van der Waals surface area contributed by atoms with Gasteiger partial charge < -0.3 is 21.0 Å². The van der Waals surface area contributed by atoms with Gasteiger partial charge in [0.1, 0.15) is 0 Å². The fourth-order valence-corrected chi connectivity index (χ4v) is 1.08. The number of hydrogen-bond acceptors (Lipinski definition) is 4. The quantitative estimate of drug-likeness (QED) is 0.195. The summed E-state index contributed by atoms with van der Waals surface area (Å²) in [5, 5.41) is 14.1. The molecule has 0 unspecified atom stereocenters. The summed E-state index contributed by atoms with van der Waals surface area (Å²) >= 11 is 0. The first-order valence-corrected chi connectivity index (χ1v) is 5.30. The Balaban J connectivity index is 3.95. The molecule has 0 aliphatic rings. The molecule has 0 atom stereocenters. The molecule has 6 heteroatoms. The number of amidine groups is 1. The fourth-order valence-electron chi connectivity index (χ4n) is 1.08. The first-order chi connectivity index (χ1) is 7.44. The van der Waals surface area contributed by atoms with Crippen LogP contribution in [0.15, 0.2) is 5.16 Å². The van der Waals surface area contributed by atoms with Crippen molar-refractivity contribution in [3.05, 3.63) is 0 Å². The molecule has 0 rings (SSSR count). The second-order valence-corrected chi connectivity index (χ2v) is 3.96. The molecule has 0 spiro atoms. The predicted octanol–water partition coefficient (Wildman–Crippen LogP) is 0.444. The molecular weight excluding hydrogens is 210 g/mol. The van der Waals surface area contributed by atoms with E-state index in [1.807, 2.05) is 6.92 Å². The van der Waals surface area contributed by atoms with Gasteiger partial charge in [-0.05, 0) is 27.2 Å². The highest BCUT2D eigenvalue weighted by molar-refractivity contribution is 5.93. The van der Waals surface area contributed by atoms with Crippen molar-refractivity contribution in [3.8, 4) is 0 Å². The number of oxime groups is 1. The van der Waals surface area contributed by atoms with Crippen LogP contribution in [0.25, 0.3) is 0 Å². The maximum absolute atomic E-state index is 11.5. The van der Waals surface area contributed by atoms with Crippen LogP contribution in [-0.4, -0.2) is 35.7 Å². The predicted molar refractivity (Wildman–Crippen MR) is 61.4 cm³/mol. The molecule has 1 amide bonds. The number of hydrogen-bond donors (Lipinski definition) is 3. The molecule has 94 valence electrons. The van der Waals surface area contributed by atoms with Gasteiger partial charge in [0.25, 0.3) is 0 Å². The second kappa shape index (κ2) is 7.05. The maximum Gasteiger partial charge on any atom is 0.220 e. The van der Waals surface area contributed by atoms with Gasteiger partial charge >= 0.3 is 0 Å². The Bertz CT molecular complexity index is 252. The topological polar surface area (TPSA) is 96.9 Å². The van der Waals surface area contributed by atoms with Crippen LogP contribution in [0.5, 0.6) is 0 Å². The molecule has 0 bridgehead atoms. The van der Waals surface area contributed by atoms with Crippen LogP contribution in [0.3, 0.4) is 0 Å². The largest absolute Gasteiger partial charge is 0.409 e. The van der Waals surface area contributed by atoms with Crippen molar-refractivity contribution in [1.29, 1.82) is 0 Å². The molecule has 16 heavy (non-hydrogen) atoms. The van der Waals surface area contributed by atoms with Crippen LogP contribution < -0.4 is 11.1 Å². The van der Waals surface area contributed by atoms with Crippen molar-refractivity contribution in [3.63, 3.8) is 0 Å². The number of amides is 1. The van der Waals surface area contributed by atoms with E-state index in [9.17, 15) is 4.79 Å². The summed E-state index contributed by atoms with van der Waals surface area (Å²) in [6.07, 6.45) is 1.02. The summed E-state index contributed by atoms with van der Waals surface area (Å²) in [5.41, 5.74) is 4.60. The van der Waals surface area contributed by atoms with Crippen molar-refractivity contribution >= 4 is 11.7 Å². The molecule has 0 radical (unpaired) electrons. The molecule has 0 heterocycles. The Morgan fingerprint density at radius 1 is 1.56 bits per heavy atom. The van der Waals surface area contributed by atoms with E-state index in [0.29, 0.717) is 26.1 Å². The Labute approximate surface area is 95.8 Å². The van der Waals surface area contributed by atoms with E-state index >= 15 is 0 Å². The molecule has 0 aliphatic carbocycles. The minimum Gasteiger partial charge on any atom is -0.409 e. The first kappa shape index (κ1) is 14.7. The zero-order chi connectivity index (χ0) is 12.6. The standard InChI is InChI=1S/C10H21N3O3/c1-4-16-7-5-6-8(14)12-10(2,3)9(11)13-15/h15H,4-7H2,1-3H3,(H2,11,13)(H,12,14). The highest BCUT2D eigenvalue weighted by Gasteiger charge is 2.25. The smallest absolute Gasteiger partial charge is 0.220 e. The third-order valence-corrected chi connectivity index (χ3v) is 2.10. The van der Waals surface area contributed by atoms with Gasteiger partial charge in [-0.1, -0.05) is 5.16 Å². The molecule has 0 fully saturated rings. The summed E-state index contributed by atoms with van der Waals surface area (Å²) in [4.78, 5) is 11.5. The molecule has 0 saturated carbocycles. The monoisotopic (exact) mass is 231 g/mol. The zero-order valence-electron chi connectivity index (χ0n) is 10.1. The van der Waals surface area contributed by atoms with E-state index < -0.39 is 5.54 Å². The normalized spacial score (nSPS) is 12.6. The molecular formula is C10H21N3O3. The Kier molecular flexibility index (Phi) is 6.48. The van der Waals surface area contributed by atoms with E-state index in [-0.39, 0.29) is 11.7 Å². The zero-order valence-corrected chi connectivity index (χ0v) is 10.1. The number of nitrogens with two attached hydrogens (primary N) is 1. The van der Waals surface area contributed by atoms with Gasteiger partial charge in [-0.25, -0.2) is 0 Å². The lowest BCUT2D eigenvalue weighted by Crippen LogP contribution is -2.53. The molecule has 6 nitrogen and oxygen atoms in total. The summed E-state index contributed by atoms with van der Waals surface area (Å²) in [6, 6.07) is 0. The number of nitrogens with one attached hydrogen (secondary N) is 1. The second-order valence-electron chi connectivity index (χ2n) is 3.96. The van der Waals surface area contributed by atoms with Crippen molar-refractivity contribution < 1.29 is 14.7 Å². The number of nitrogens with zero attached hydrogens (tertiary/aromatic N) is 1. The van der Waals surface area contributed by atoms with Gasteiger partial charge in [-0.2, -0.15) is 0 Å². The fraction of sp³-hybridized carbons (Fsp3) is 0.800. The summed E-state index contributed by atoms with van der Waals surface area (Å²) < 4.78 is 5.11. The van der Waals surface area contributed by atoms with E-state index in [1.54, 1.807) is 13.8 Å². The van der Waals surface area contributed by atoms with E-state index in [4.69, 9.17) is 15.7 Å². The Hall–Kier alpha value is -1.30. The minimum absolute atomic E-state index is 0.0225. The lowest BCUT2D eigenvalue weighted by atomic mass is 10.0. The van der Waals surface area contributed by atoms with Crippen LogP contribution >= 0.6 is 0 Å². The van der Waals surface area contributed by atoms with Gasteiger partial charge in [0.15, 0.2) is 5.84 Å². The third kappa shape index (κ3) is 5.55.